The highest BCUT2D eigenvalue weighted by atomic mass is 127. The second-order valence-electron chi connectivity index (χ2n) is 4.93. The van der Waals surface area contributed by atoms with E-state index in [-0.39, 0.29) is 6.04 Å². The first-order valence-corrected chi connectivity index (χ1v) is 8.68. The fraction of sp³-hybridized carbons (Fsp3) is 0.111. The monoisotopic (exact) mass is 451 g/mol. The zero-order valence-electron chi connectivity index (χ0n) is 11.6. The molecule has 0 aliphatic carbocycles. The van der Waals surface area contributed by atoms with Crippen molar-refractivity contribution in [1.82, 2.24) is 5.32 Å². The molecular weight excluding hydrogens is 437 g/mol. The van der Waals surface area contributed by atoms with E-state index in [0.717, 1.165) is 4.47 Å². The molecule has 0 radical (unpaired) electrons. The molecule has 3 aromatic carbocycles. The summed E-state index contributed by atoms with van der Waals surface area (Å²) in [6.07, 6.45) is 0. The molecule has 1 N–H and O–H groups in total. The van der Waals surface area contributed by atoms with Gasteiger partial charge in [-0.15, -0.1) is 0 Å². The molecule has 0 amide bonds. The molecule has 0 bridgehead atoms. The van der Waals surface area contributed by atoms with Crippen LogP contribution in [0.3, 0.4) is 0 Å². The Kier molecular flexibility index (Phi) is 4.62. The lowest BCUT2D eigenvalue weighted by Gasteiger charge is -2.21. The van der Waals surface area contributed by atoms with Gasteiger partial charge >= 0.3 is 0 Å². The Hall–Kier alpha value is -0.910. The van der Waals surface area contributed by atoms with Crippen molar-refractivity contribution in [3.05, 3.63) is 79.8 Å². The summed E-state index contributed by atoms with van der Waals surface area (Å²) in [5, 5.41) is 6.00. The number of nitrogens with one attached hydrogen (secondary N) is 1. The van der Waals surface area contributed by atoms with E-state index in [2.05, 4.69) is 105 Å². The zero-order chi connectivity index (χ0) is 14.8. The Morgan fingerprint density at radius 2 is 1.52 bits per heavy atom. The second-order valence-corrected chi connectivity index (χ2v) is 6.94. The van der Waals surface area contributed by atoms with E-state index in [0.29, 0.717) is 0 Å². The molecule has 1 nitrogen and oxygen atoms in total. The van der Waals surface area contributed by atoms with E-state index >= 15 is 0 Å². The predicted octanol–water partition coefficient (Wildman–Crippen LogP) is 5.52. The van der Waals surface area contributed by atoms with Gasteiger partial charge in [0.2, 0.25) is 0 Å². The molecule has 0 heterocycles. The van der Waals surface area contributed by atoms with Gasteiger partial charge in [-0.1, -0.05) is 64.5 Å². The normalized spacial score (nSPS) is 12.5. The highest BCUT2D eigenvalue weighted by Gasteiger charge is 2.17. The van der Waals surface area contributed by atoms with Gasteiger partial charge in [-0.2, -0.15) is 0 Å². The van der Waals surface area contributed by atoms with Crippen molar-refractivity contribution in [2.24, 2.45) is 0 Å². The lowest BCUT2D eigenvalue weighted by atomic mass is 9.94. The van der Waals surface area contributed by atoms with Gasteiger partial charge in [-0.3, -0.25) is 0 Å². The summed E-state index contributed by atoms with van der Waals surface area (Å²) in [5.74, 6) is 0. The quantitative estimate of drug-likeness (QED) is 0.517. The molecule has 1 unspecified atom stereocenters. The third-order valence-electron chi connectivity index (χ3n) is 3.72. The van der Waals surface area contributed by atoms with Gasteiger partial charge < -0.3 is 5.32 Å². The van der Waals surface area contributed by atoms with Crippen LogP contribution in [0.15, 0.2) is 65.1 Å². The minimum atomic E-state index is 0.191. The van der Waals surface area contributed by atoms with Crippen molar-refractivity contribution < 1.29 is 0 Å². The van der Waals surface area contributed by atoms with Gasteiger partial charge in [-0.05, 0) is 63.7 Å². The maximum atomic E-state index is 3.65. The van der Waals surface area contributed by atoms with Gasteiger partial charge in [0.1, 0.15) is 0 Å². The third kappa shape index (κ3) is 2.87. The molecule has 0 fully saturated rings. The molecule has 106 valence electrons. The van der Waals surface area contributed by atoms with Gasteiger partial charge in [-0.25, -0.2) is 0 Å². The average molecular weight is 452 g/mol. The van der Waals surface area contributed by atoms with Gasteiger partial charge in [0, 0.05) is 8.04 Å². The molecule has 3 aromatic rings. The van der Waals surface area contributed by atoms with Crippen LogP contribution in [-0.4, -0.2) is 7.05 Å². The molecule has 0 saturated carbocycles. The lowest BCUT2D eigenvalue weighted by Crippen LogP contribution is -2.19. The second kappa shape index (κ2) is 6.46. The van der Waals surface area contributed by atoms with Crippen LogP contribution in [0.4, 0.5) is 0 Å². The summed E-state index contributed by atoms with van der Waals surface area (Å²) >= 11 is 6.06. The van der Waals surface area contributed by atoms with Crippen LogP contribution >= 0.6 is 38.5 Å². The molecule has 0 aliphatic heterocycles. The number of benzene rings is 3. The Labute approximate surface area is 147 Å². The van der Waals surface area contributed by atoms with Crippen molar-refractivity contribution in [2.75, 3.05) is 7.05 Å². The summed E-state index contributed by atoms with van der Waals surface area (Å²) in [7, 11) is 2.02. The topological polar surface area (TPSA) is 12.0 Å². The molecule has 21 heavy (non-hydrogen) atoms. The van der Waals surface area contributed by atoms with E-state index in [9.17, 15) is 0 Å². The summed E-state index contributed by atoms with van der Waals surface area (Å²) in [5.41, 5.74) is 2.62. The third-order valence-corrected chi connectivity index (χ3v) is 5.39. The van der Waals surface area contributed by atoms with Crippen molar-refractivity contribution >= 4 is 49.3 Å². The van der Waals surface area contributed by atoms with Crippen LogP contribution < -0.4 is 5.32 Å². The largest absolute Gasteiger partial charge is 0.309 e. The SMILES string of the molecule is CNC(c1ccccc1I)c1ccc(Br)c2ccccc12. The number of rotatable bonds is 3. The van der Waals surface area contributed by atoms with Crippen LogP contribution in [0, 0.1) is 3.57 Å². The number of halogens is 2. The Morgan fingerprint density at radius 3 is 2.24 bits per heavy atom. The Morgan fingerprint density at radius 1 is 0.857 bits per heavy atom. The number of hydrogen-bond donors (Lipinski definition) is 1. The summed E-state index contributed by atoms with van der Waals surface area (Å²) in [4.78, 5) is 0. The Bertz CT molecular complexity index is 785. The van der Waals surface area contributed by atoms with Crippen LogP contribution in [0.2, 0.25) is 0 Å². The van der Waals surface area contributed by atoms with Crippen LogP contribution in [-0.2, 0) is 0 Å². The van der Waals surface area contributed by atoms with E-state index in [1.807, 2.05) is 7.05 Å². The van der Waals surface area contributed by atoms with E-state index < -0.39 is 0 Å². The van der Waals surface area contributed by atoms with Crippen molar-refractivity contribution in [3.63, 3.8) is 0 Å². The molecule has 0 saturated heterocycles. The molecule has 1 atom stereocenters. The highest BCUT2D eigenvalue weighted by molar-refractivity contribution is 14.1. The fourth-order valence-electron chi connectivity index (χ4n) is 2.73. The van der Waals surface area contributed by atoms with Crippen LogP contribution in [0.1, 0.15) is 17.2 Å². The molecule has 0 aromatic heterocycles. The van der Waals surface area contributed by atoms with Crippen LogP contribution in [0.5, 0.6) is 0 Å². The van der Waals surface area contributed by atoms with Gasteiger partial charge in [0.15, 0.2) is 0 Å². The van der Waals surface area contributed by atoms with E-state index in [1.54, 1.807) is 0 Å². The minimum absolute atomic E-state index is 0.191. The first kappa shape index (κ1) is 15.0. The average Bonchev–Trinajstić information content (AvgIpc) is 2.52. The maximum absolute atomic E-state index is 3.65. The smallest absolute Gasteiger partial charge is 0.0590 e. The zero-order valence-corrected chi connectivity index (χ0v) is 15.4. The summed E-state index contributed by atoms with van der Waals surface area (Å²) in [6.45, 7) is 0. The predicted molar refractivity (Wildman–Crippen MR) is 102 cm³/mol. The minimum Gasteiger partial charge on any atom is -0.309 e. The molecule has 3 rings (SSSR count). The highest BCUT2D eigenvalue weighted by Crippen LogP contribution is 2.34. The molecule has 0 aliphatic rings. The van der Waals surface area contributed by atoms with Crippen molar-refractivity contribution in [2.45, 2.75) is 6.04 Å². The van der Waals surface area contributed by atoms with E-state index in [1.165, 1.54) is 25.5 Å². The summed E-state index contributed by atoms with van der Waals surface area (Å²) < 4.78 is 2.42. The van der Waals surface area contributed by atoms with Crippen molar-refractivity contribution in [1.29, 1.82) is 0 Å². The number of hydrogen-bond acceptors (Lipinski definition) is 1. The maximum Gasteiger partial charge on any atom is 0.0590 e. The lowest BCUT2D eigenvalue weighted by molar-refractivity contribution is 0.693. The van der Waals surface area contributed by atoms with Gasteiger partial charge in [0.05, 0.1) is 6.04 Å². The molecular formula is C18H15BrIN. The summed E-state index contributed by atoms with van der Waals surface area (Å²) in [6, 6.07) is 21.6. The fourth-order valence-corrected chi connectivity index (χ4v) is 3.90. The number of fused-ring (bicyclic) bond motifs is 1. The molecule has 0 spiro atoms. The molecule has 3 heteroatoms. The van der Waals surface area contributed by atoms with Crippen molar-refractivity contribution in [3.8, 4) is 0 Å². The van der Waals surface area contributed by atoms with E-state index in [4.69, 9.17) is 0 Å². The standard InChI is InChI=1S/C18H15BrIN/c1-21-18(15-8-4-5-9-17(15)20)14-10-11-16(19)13-7-3-2-6-12(13)14/h2-11,18,21H,1H3. The first-order valence-electron chi connectivity index (χ1n) is 6.81. The Balaban J connectivity index is 2.23. The van der Waals surface area contributed by atoms with Crippen LogP contribution in [0.25, 0.3) is 10.8 Å². The first-order chi connectivity index (χ1) is 10.2. The van der Waals surface area contributed by atoms with Gasteiger partial charge in [0.25, 0.3) is 0 Å².